The lowest BCUT2D eigenvalue weighted by atomic mass is 10.0. The van der Waals surface area contributed by atoms with Crippen molar-refractivity contribution in [2.24, 2.45) is 0 Å². The molecule has 3 rings (SSSR count). The number of nitrogens with zero attached hydrogens (tertiary/aromatic N) is 1. The molecule has 1 saturated heterocycles. The molecular weight excluding hydrogens is 366 g/mol. The van der Waals surface area contributed by atoms with E-state index in [1.54, 1.807) is 29.2 Å². The van der Waals surface area contributed by atoms with E-state index in [0.717, 1.165) is 5.56 Å². The van der Waals surface area contributed by atoms with Crippen LogP contribution in [0.1, 0.15) is 17.2 Å². The Kier molecular flexibility index (Phi) is 6.54. The Bertz CT molecular complexity index is 829. The highest BCUT2D eigenvalue weighted by Gasteiger charge is 2.28. The van der Waals surface area contributed by atoms with Crippen molar-refractivity contribution in [3.8, 4) is 0 Å². The van der Waals surface area contributed by atoms with Crippen LogP contribution < -0.4 is 16.0 Å². The number of rotatable bonds is 5. The first-order valence-corrected chi connectivity index (χ1v) is 9.05. The van der Waals surface area contributed by atoms with E-state index in [1.165, 1.54) is 24.3 Å². The molecule has 0 spiro atoms. The molecule has 1 aliphatic rings. The van der Waals surface area contributed by atoms with Gasteiger partial charge in [0.2, 0.25) is 5.91 Å². The summed E-state index contributed by atoms with van der Waals surface area (Å²) in [5, 5.41) is 8.36. The second-order valence-electron chi connectivity index (χ2n) is 6.52. The molecule has 0 radical (unpaired) electrons. The van der Waals surface area contributed by atoms with Crippen LogP contribution in [-0.4, -0.2) is 43.0 Å². The van der Waals surface area contributed by atoms with Crippen LogP contribution in [0.2, 0.25) is 0 Å². The molecule has 8 heteroatoms. The van der Waals surface area contributed by atoms with Gasteiger partial charge in [0.1, 0.15) is 11.6 Å². The number of benzene rings is 2. The van der Waals surface area contributed by atoms with Gasteiger partial charge in [0.05, 0.1) is 12.6 Å². The molecule has 6 nitrogen and oxygen atoms in total. The van der Waals surface area contributed by atoms with Gasteiger partial charge in [-0.05, 0) is 35.4 Å². The average Bonchev–Trinajstić information content (AvgIpc) is 2.71. The van der Waals surface area contributed by atoms with Gasteiger partial charge in [-0.3, -0.25) is 4.79 Å². The first-order chi connectivity index (χ1) is 13.5. The van der Waals surface area contributed by atoms with E-state index in [-0.39, 0.29) is 36.7 Å². The molecule has 1 unspecified atom stereocenters. The number of amides is 3. The molecule has 28 heavy (non-hydrogen) atoms. The summed E-state index contributed by atoms with van der Waals surface area (Å²) in [6, 6.07) is 11.2. The molecule has 0 aliphatic carbocycles. The fourth-order valence-electron chi connectivity index (χ4n) is 3.12. The van der Waals surface area contributed by atoms with Gasteiger partial charge < -0.3 is 20.9 Å². The van der Waals surface area contributed by atoms with E-state index in [1.807, 2.05) is 0 Å². The van der Waals surface area contributed by atoms with Crippen LogP contribution in [-0.2, 0) is 11.3 Å². The van der Waals surface area contributed by atoms with E-state index < -0.39 is 6.03 Å². The topological polar surface area (TPSA) is 73.5 Å². The number of carbonyl (C=O) groups excluding carboxylic acids is 2. The minimum Gasteiger partial charge on any atom is -0.334 e. The Hall–Kier alpha value is -3.00. The zero-order chi connectivity index (χ0) is 19.9. The highest BCUT2D eigenvalue weighted by atomic mass is 19.1. The van der Waals surface area contributed by atoms with Crippen molar-refractivity contribution in [2.45, 2.75) is 12.6 Å². The van der Waals surface area contributed by atoms with Gasteiger partial charge >= 0.3 is 6.03 Å². The molecule has 3 amide bonds. The maximum atomic E-state index is 13.5. The van der Waals surface area contributed by atoms with Crippen molar-refractivity contribution >= 4 is 11.9 Å². The average molecular weight is 388 g/mol. The van der Waals surface area contributed by atoms with E-state index in [4.69, 9.17) is 0 Å². The molecular formula is C20H22F2N4O2. The van der Waals surface area contributed by atoms with E-state index >= 15 is 0 Å². The van der Waals surface area contributed by atoms with Crippen LogP contribution in [0.4, 0.5) is 13.6 Å². The standard InChI is InChI=1S/C20H22F2N4O2/c21-16-6-4-14(5-7-16)11-24-20(28)25-13-19(27)26-9-8-23-12-18(26)15-2-1-3-17(22)10-15/h1-7,10,18,23H,8-9,11-13H2,(H2,24,25,28). The van der Waals surface area contributed by atoms with Gasteiger partial charge in [-0.25, -0.2) is 13.6 Å². The second kappa shape index (κ2) is 9.27. The van der Waals surface area contributed by atoms with Crippen LogP contribution in [0.25, 0.3) is 0 Å². The van der Waals surface area contributed by atoms with Crippen molar-refractivity contribution in [1.29, 1.82) is 0 Å². The summed E-state index contributed by atoms with van der Waals surface area (Å²) in [5.74, 6) is -0.941. The van der Waals surface area contributed by atoms with Crippen LogP contribution >= 0.6 is 0 Å². The molecule has 1 fully saturated rings. The number of hydrogen-bond donors (Lipinski definition) is 3. The summed E-state index contributed by atoms with van der Waals surface area (Å²) >= 11 is 0. The first-order valence-electron chi connectivity index (χ1n) is 9.05. The number of nitrogens with one attached hydrogen (secondary N) is 3. The zero-order valence-corrected chi connectivity index (χ0v) is 15.3. The Labute approximate surface area is 161 Å². The largest absolute Gasteiger partial charge is 0.334 e. The Balaban J connectivity index is 1.52. The van der Waals surface area contributed by atoms with Crippen LogP contribution in [0.15, 0.2) is 48.5 Å². The summed E-state index contributed by atoms with van der Waals surface area (Å²) < 4.78 is 26.4. The molecule has 0 aromatic heterocycles. The lowest BCUT2D eigenvalue weighted by molar-refractivity contribution is -0.133. The van der Waals surface area contributed by atoms with E-state index in [9.17, 15) is 18.4 Å². The molecule has 0 saturated carbocycles. The minimum atomic E-state index is -0.491. The van der Waals surface area contributed by atoms with Crippen molar-refractivity contribution in [3.05, 3.63) is 71.3 Å². The van der Waals surface area contributed by atoms with Crippen molar-refractivity contribution in [1.82, 2.24) is 20.9 Å². The molecule has 0 bridgehead atoms. The Morgan fingerprint density at radius 1 is 1.07 bits per heavy atom. The van der Waals surface area contributed by atoms with Gasteiger partial charge in [-0.2, -0.15) is 0 Å². The van der Waals surface area contributed by atoms with Crippen molar-refractivity contribution < 1.29 is 18.4 Å². The highest BCUT2D eigenvalue weighted by molar-refractivity contribution is 5.84. The highest BCUT2D eigenvalue weighted by Crippen LogP contribution is 2.22. The van der Waals surface area contributed by atoms with Crippen LogP contribution in [0, 0.1) is 11.6 Å². The van der Waals surface area contributed by atoms with E-state index in [2.05, 4.69) is 16.0 Å². The fourth-order valence-corrected chi connectivity index (χ4v) is 3.12. The van der Waals surface area contributed by atoms with Crippen molar-refractivity contribution in [3.63, 3.8) is 0 Å². The van der Waals surface area contributed by atoms with Gasteiger partial charge in [-0.1, -0.05) is 24.3 Å². The van der Waals surface area contributed by atoms with Crippen LogP contribution in [0.3, 0.4) is 0 Å². The number of piperazine rings is 1. The predicted octanol–water partition coefficient (Wildman–Crippen LogP) is 1.94. The van der Waals surface area contributed by atoms with Gasteiger partial charge in [0.15, 0.2) is 0 Å². The fraction of sp³-hybridized carbons (Fsp3) is 0.300. The van der Waals surface area contributed by atoms with Gasteiger partial charge in [-0.15, -0.1) is 0 Å². The maximum absolute atomic E-state index is 13.5. The molecule has 1 aliphatic heterocycles. The number of urea groups is 1. The van der Waals surface area contributed by atoms with E-state index in [0.29, 0.717) is 25.2 Å². The third kappa shape index (κ3) is 5.26. The van der Waals surface area contributed by atoms with Gasteiger partial charge in [0, 0.05) is 26.2 Å². The summed E-state index contributed by atoms with van der Waals surface area (Å²) in [7, 11) is 0. The Morgan fingerprint density at radius 3 is 2.61 bits per heavy atom. The summed E-state index contributed by atoms with van der Waals surface area (Å²) in [6.45, 7) is 1.68. The summed E-state index contributed by atoms with van der Waals surface area (Å²) in [6.07, 6.45) is 0. The van der Waals surface area contributed by atoms with Crippen LogP contribution in [0.5, 0.6) is 0 Å². The molecule has 148 valence electrons. The number of carbonyl (C=O) groups is 2. The first kappa shape index (κ1) is 19.8. The second-order valence-corrected chi connectivity index (χ2v) is 6.52. The number of hydrogen-bond acceptors (Lipinski definition) is 3. The maximum Gasteiger partial charge on any atom is 0.315 e. The van der Waals surface area contributed by atoms with Crippen molar-refractivity contribution in [2.75, 3.05) is 26.2 Å². The smallest absolute Gasteiger partial charge is 0.315 e. The SMILES string of the molecule is O=C(NCC(=O)N1CCNCC1c1cccc(F)c1)NCc1ccc(F)cc1. The predicted molar refractivity (Wildman–Crippen MR) is 100 cm³/mol. The Morgan fingerprint density at radius 2 is 1.86 bits per heavy atom. The zero-order valence-electron chi connectivity index (χ0n) is 15.3. The van der Waals surface area contributed by atoms with Gasteiger partial charge in [0.25, 0.3) is 0 Å². The molecule has 3 N–H and O–H groups in total. The quantitative estimate of drug-likeness (QED) is 0.733. The lowest BCUT2D eigenvalue weighted by Gasteiger charge is -2.36. The number of halogens is 2. The molecule has 2 aromatic carbocycles. The molecule has 2 aromatic rings. The molecule has 1 atom stereocenters. The third-order valence-electron chi connectivity index (χ3n) is 4.56. The monoisotopic (exact) mass is 388 g/mol. The lowest BCUT2D eigenvalue weighted by Crippen LogP contribution is -2.52. The summed E-state index contributed by atoms with van der Waals surface area (Å²) in [4.78, 5) is 26.2. The third-order valence-corrected chi connectivity index (χ3v) is 4.56. The normalized spacial score (nSPS) is 16.5. The summed E-state index contributed by atoms with van der Waals surface area (Å²) in [5.41, 5.74) is 1.46. The molecule has 1 heterocycles. The minimum absolute atomic E-state index is 0.166.